The van der Waals surface area contributed by atoms with Crippen LogP contribution in [-0.4, -0.2) is 47.3 Å². The number of alkyl halides is 1. The summed E-state index contributed by atoms with van der Waals surface area (Å²) in [5, 5.41) is 1.15. The van der Waals surface area contributed by atoms with Crippen molar-refractivity contribution in [1.82, 2.24) is 9.88 Å². The Bertz CT molecular complexity index is 1110. The maximum absolute atomic E-state index is 15.6. The van der Waals surface area contributed by atoms with E-state index in [0.717, 1.165) is 40.4 Å². The van der Waals surface area contributed by atoms with Crippen LogP contribution >= 0.6 is 0 Å². The third-order valence-corrected chi connectivity index (χ3v) is 7.01. The van der Waals surface area contributed by atoms with Gasteiger partial charge >= 0.3 is 0 Å². The van der Waals surface area contributed by atoms with E-state index in [4.69, 9.17) is 4.74 Å². The second kappa shape index (κ2) is 8.62. The first-order chi connectivity index (χ1) is 15.5. The zero-order valence-corrected chi connectivity index (χ0v) is 18.5. The van der Waals surface area contributed by atoms with Gasteiger partial charge in [-0.05, 0) is 55.4 Å². The maximum atomic E-state index is 15.6. The number of aryl methyl sites for hydroxylation is 1. The number of carbonyl (C=O) groups excluding carboxylic acids is 1. The molecular formula is C27H29FN2O2. The molecule has 1 atom stereocenters. The van der Waals surface area contributed by atoms with Crippen molar-refractivity contribution >= 4 is 16.8 Å². The number of pyridine rings is 1. The molecule has 3 heterocycles. The molecule has 166 valence electrons. The number of piperidine rings is 1. The van der Waals surface area contributed by atoms with Gasteiger partial charge in [0.05, 0.1) is 5.52 Å². The van der Waals surface area contributed by atoms with Gasteiger partial charge in [-0.3, -0.25) is 9.78 Å². The number of nitrogens with zero attached hydrogens (tertiary/aromatic N) is 2. The second-order valence-electron chi connectivity index (χ2n) is 9.17. The predicted molar refractivity (Wildman–Crippen MR) is 124 cm³/mol. The van der Waals surface area contributed by atoms with E-state index in [1.165, 1.54) is 5.56 Å². The fourth-order valence-corrected chi connectivity index (χ4v) is 5.02. The molecule has 5 heteroatoms. The lowest BCUT2D eigenvalue weighted by Crippen LogP contribution is -2.48. The van der Waals surface area contributed by atoms with Gasteiger partial charge in [0.2, 0.25) is 0 Å². The monoisotopic (exact) mass is 432 g/mol. The number of hydrogen-bond donors (Lipinski definition) is 0. The van der Waals surface area contributed by atoms with Crippen LogP contribution in [0.1, 0.15) is 36.8 Å². The zero-order chi connectivity index (χ0) is 22.1. The van der Waals surface area contributed by atoms with Crippen LogP contribution in [0.3, 0.4) is 0 Å². The van der Waals surface area contributed by atoms with Gasteiger partial charge in [-0.1, -0.05) is 42.5 Å². The van der Waals surface area contributed by atoms with E-state index in [1.807, 2.05) is 36.5 Å². The average Bonchev–Trinajstić information content (AvgIpc) is 3.35. The van der Waals surface area contributed by atoms with E-state index in [-0.39, 0.29) is 12.0 Å². The zero-order valence-electron chi connectivity index (χ0n) is 18.5. The van der Waals surface area contributed by atoms with Gasteiger partial charge in [0.25, 0.3) is 5.91 Å². The lowest BCUT2D eigenvalue weighted by molar-refractivity contribution is -0.143. The topological polar surface area (TPSA) is 42.4 Å². The smallest absolute Gasteiger partial charge is 0.251 e. The van der Waals surface area contributed by atoms with E-state index in [1.54, 1.807) is 4.90 Å². The lowest BCUT2D eigenvalue weighted by Gasteiger charge is -2.37. The molecule has 1 aromatic heterocycles. The van der Waals surface area contributed by atoms with Crippen molar-refractivity contribution in [3.63, 3.8) is 0 Å². The van der Waals surface area contributed by atoms with E-state index in [0.29, 0.717) is 39.0 Å². The Kier molecular flexibility index (Phi) is 5.68. The van der Waals surface area contributed by atoms with Gasteiger partial charge in [0.1, 0.15) is 11.8 Å². The summed E-state index contributed by atoms with van der Waals surface area (Å²) in [5.41, 5.74) is 4.11. The van der Waals surface area contributed by atoms with Gasteiger partial charge < -0.3 is 9.64 Å². The highest BCUT2D eigenvalue weighted by Gasteiger charge is 2.38. The molecule has 2 aliphatic rings. The van der Waals surface area contributed by atoms with Crippen molar-refractivity contribution in [2.75, 3.05) is 19.7 Å². The van der Waals surface area contributed by atoms with Crippen molar-refractivity contribution in [2.45, 2.75) is 50.8 Å². The largest absolute Gasteiger partial charge is 0.368 e. The molecule has 2 aliphatic heterocycles. The number of benzene rings is 2. The molecule has 4 nitrogen and oxygen atoms in total. The van der Waals surface area contributed by atoms with Gasteiger partial charge in [-0.2, -0.15) is 0 Å². The highest BCUT2D eigenvalue weighted by molar-refractivity contribution is 5.88. The standard InChI is InChI=1S/C27H29FN2O2/c1-19-22-5-2-3-6-24(22)29-18-23(19)21-10-8-20(9-11-21)17-27(28)12-14-30(15-13-27)26(31)25-7-4-16-32-25/h2-3,5-6,8-11,18,25H,4,7,12-17H2,1H3. The van der Waals surface area contributed by atoms with E-state index < -0.39 is 5.67 Å². The Morgan fingerprint density at radius 2 is 1.91 bits per heavy atom. The molecule has 3 aromatic rings. The molecular weight excluding hydrogens is 403 g/mol. The first kappa shape index (κ1) is 21.1. The van der Waals surface area contributed by atoms with Gasteiger partial charge in [-0.15, -0.1) is 0 Å². The number of carbonyl (C=O) groups is 1. The second-order valence-corrected chi connectivity index (χ2v) is 9.17. The fraction of sp³-hybridized carbons (Fsp3) is 0.407. The molecule has 0 spiro atoms. The SMILES string of the molecule is Cc1c(-c2ccc(CC3(F)CCN(C(=O)C4CCCO4)CC3)cc2)cnc2ccccc12. The maximum Gasteiger partial charge on any atom is 0.251 e. The molecule has 0 bridgehead atoms. The van der Waals surface area contributed by atoms with Crippen molar-refractivity contribution in [3.8, 4) is 11.1 Å². The summed E-state index contributed by atoms with van der Waals surface area (Å²) < 4.78 is 21.1. The molecule has 0 saturated carbocycles. The third-order valence-electron chi connectivity index (χ3n) is 7.01. The van der Waals surface area contributed by atoms with Crippen molar-refractivity contribution < 1.29 is 13.9 Å². The summed E-state index contributed by atoms with van der Waals surface area (Å²) in [4.78, 5) is 18.9. The molecule has 0 aliphatic carbocycles. The van der Waals surface area contributed by atoms with Crippen LogP contribution in [-0.2, 0) is 16.0 Å². The number of aromatic nitrogens is 1. The van der Waals surface area contributed by atoms with E-state index in [9.17, 15) is 4.79 Å². The van der Waals surface area contributed by atoms with Crippen molar-refractivity contribution in [1.29, 1.82) is 0 Å². The van der Waals surface area contributed by atoms with Crippen LogP contribution < -0.4 is 0 Å². The summed E-state index contributed by atoms with van der Waals surface area (Å²) in [6.45, 7) is 3.71. The summed E-state index contributed by atoms with van der Waals surface area (Å²) >= 11 is 0. The van der Waals surface area contributed by atoms with Crippen LogP contribution in [0.5, 0.6) is 0 Å². The quantitative estimate of drug-likeness (QED) is 0.565. The van der Waals surface area contributed by atoms with Crippen LogP contribution in [0.4, 0.5) is 4.39 Å². The fourth-order valence-electron chi connectivity index (χ4n) is 5.02. The molecule has 32 heavy (non-hydrogen) atoms. The number of para-hydroxylation sites is 1. The summed E-state index contributed by atoms with van der Waals surface area (Å²) in [6, 6.07) is 16.3. The first-order valence-electron chi connectivity index (χ1n) is 11.6. The van der Waals surface area contributed by atoms with Gasteiger partial charge in [-0.25, -0.2) is 4.39 Å². The number of rotatable bonds is 4. The minimum atomic E-state index is -1.27. The van der Waals surface area contributed by atoms with Crippen molar-refractivity contribution in [3.05, 3.63) is 65.9 Å². The molecule has 1 unspecified atom stereocenters. The van der Waals surface area contributed by atoms with Crippen molar-refractivity contribution in [2.24, 2.45) is 0 Å². The first-order valence-corrected chi connectivity index (χ1v) is 11.6. The Balaban J connectivity index is 1.25. The van der Waals surface area contributed by atoms with Crippen LogP contribution in [0.25, 0.3) is 22.0 Å². The number of likely N-dealkylation sites (tertiary alicyclic amines) is 1. The Morgan fingerprint density at radius 3 is 2.62 bits per heavy atom. The molecule has 1 amide bonds. The third kappa shape index (κ3) is 4.14. The van der Waals surface area contributed by atoms with E-state index in [2.05, 4.69) is 30.1 Å². The number of fused-ring (bicyclic) bond motifs is 1. The van der Waals surface area contributed by atoms with Crippen LogP contribution in [0.15, 0.2) is 54.7 Å². The molecule has 2 saturated heterocycles. The Morgan fingerprint density at radius 1 is 1.16 bits per heavy atom. The molecule has 0 N–H and O–H groups in total. The van der Waals surface area contributed by atoms with E-state index >= 15 is 4.39 Å². The summed E-state index contributed by atoms with van der Waals surface area (Å²) in [7, 11) is 0. The highest BCUT2D eigenvalue weighted by Crippen LogP contribution is 2.33. The van der Waals surface area contributed by atoms with Gasteiger partial charge in [0.15, 0.2) is 0 Å². The molecule has 5 rings (SSSR count). The molecule has 0 radical (unpaired) electrons. The normalized spacial score (nSPS) is 20.6. The number of amides is 1. The number of hydrogen-bond acceptors (Lipinski definition) is 3. The molecule has 2 fully saturated rings. The summed E-state index contributed by atoms with van der Waals surface area (Å²) in [5.74, 6) is 0.0354. The Hall–Kier alpha value is -2.79. The number of ether oxygens (including phenoxy) is 1. The average molecular weight is 433 g/mol. The predicted octanol–water partition coefficient (Wildman–Crippen LogP) is 5.26. The molecule has 2 aromatic carbocycles. The highest BCUT2D eigenvalue weighted by atomic mass is 19.1. The minimum absolute atomic E-state index is 0.0354. The minimum Gasteiger partial charge on any atom is -0.368 e. The lowest BCUT2D eigenvalue weighted by atomic mass is 9.86. The summed E-state index contributed by atoms with van der Waals surface area (Å²) in [6.07, 6.45) is 4.45. The van der Waals surface area contributed by atoms with Gasteiger partial charge in [0, 0.05) is 43.3 Å². The van der Waals surface area contributed by atoms with Crippen LogP contribution in [0.2, 0.25) is 0 Å². The Labute approximate surface area is 188 Å². The van der Waals surface area contributed by atoms with Crippen LogP contribution in [0, 0.1) is 6.92 Å². The number of halogens is 1.